The van der Waals surface area contributed by atoms with Crippen LogP contribution in [0.1, 0.15) is 25.7 Å². The van der Waals surface area contributed by atoms with Gasteiger partial charge in [-0.1, -0.05) is 36.0 Å². The first-order chi connectivity index (χ1) is 11.9. The minimum Gasteiger partial charge on any atom is -0.347 e. The molecule has 1 aliphatic rings. The fourth-order valence-corrected chi connectivity index (χ4v) is 3.01. The molecule has 2 N–H and O–H groups in total. The van der Waals surface area contributed by atoms with E-state index in [1.807, 2.05) is 0 Å². The summed E-state index contributed by atoms with van der Waals surface area (Å²) >= 11 is 11.7. The summed E-state index contributed by atoms with van der Waals surface area (Å²) in [7, 11) is 1.51. The lowest BCUT2D eigenvalue weighted by atomic mass is 10.1. The Labute approximate surface area is 156 Å². The Hall–Kier alpha value is -1.79. The van der Waals surface area contributed by atoms with Gasteiger partial charge in [-0.2, -0.15) is 0 Å². The molecule has 1 aromatic carbocycles. The Morgan fingerprint density at radius 3 is 2.48 bits per heavy atom. The van der Waals surface area contributed by atoms with Crippen LogP contribution in [0.3, 0.4) is 0 Å². The van der Waals surface area contributed by atoms with E-state index < -0.39 is 0 Å². The second kappa shape index (κ2) is 9.06. The lowest BCUT2D eigenvalue weighted by Gasteiger charge is -2.18. The van der Waals surface area contributed by atoms with Gasteiger partial charge in [-0.3, -0.25) is 14.4 Å². The summed E-state index contributed by atoms with van der Waals surface area (Å²) in [6.07, 6.45) is 3.87. The molecule has 0 atom stereocenters. The van der Waals surface area contributed by atoms with Crippen LogP contribution in [0.25, 0.3) is 0 Å². The van der Waals surface area contributed by atoms with Gasteiger partial charge in [0.15, 0.2) is 0 Å². The monoisotopic (exact) mass is 385 g/mol. The second-order valence-electron chi connectivity index (χ2n) is 6.13. The van der Waals surface area contributed by atoms with Crippen LogP contribution in [0, 0.1) is 5.92 Å². The van der Waals surface area contributed by atoms with Gasteiger partial charge >= 0.3 is 0 Å². The van der Waals surface area contributed by atoms with Gasteiger partial charge in [0.2, 0.25) is 17.7 Å². The quantitative estimate of drug-likeness (QED) is 0.789. The summed E-state index contributed by atoms with van der Waals surface area (Å²) in [5.74, 6) is -0.762. The third-order valence-electron chi connectivity index (χ3n) is 4.15. The van der Waals surface area contributed by atoms with Crippen molar-refractivity contribution in [2.75, 3.05) is 25.5 Å². The smallest absolute Gasteiger partial charge is 0.243 e. The summed E-state index contributed by atoms with van der Waals surface area (Å²) in [6, 6.07) is 4.73. The van der Waals surface area contributed by atoms with E-state index >= 15 is 0 Å². The van der Waals surface area contributed by atoms with Crippen LogP contribution in [0.4, 0.5) is 5.69 Å². The topological polar surface area (TPSA) is 78.5 Å². The molecule has 1 aromatic rings. The standard InChI is InChI=1S/C17H21Cl2N3O3/c1-22(16(24)9-20-17(25)11-4-2-3-5-11)10-15(23)21-12-6-7-13(18)14(19)8-12/h6-8,11H,2-5,9-10H2,1H3,(H,20,25)(H,21,23). The van der Waals surface area contributed by atoms with E-state index in [-0.39, 0.29) is 36.7 Å². The molecule has 1 saturated carbocycles. The molecule has 0 saturated heterocycles. The maximum atomic E-state index is 12.0. The molecule has 1 fully saturated rings. The molecule has 0 bridgehead atoms. The Bertz CT molecular complexity index is 661. The highest BCUT2D eigenvalue weighted by Crippen LogP contribution is 2.25. The molecule has 3 amide bonds. The van der Waals surface area contributed by atoms with Gasteiger partial charge in [0.25, 0.3) is 0 Å². The summed E-state index contributed by atoms with van der Waals surface area (Å²) in [6.45, 7) is -0.232. The largest absolute Gasteiger partial charge is 0.347 e. The summed E-state index contributed by atoms with van der Waals surface area (Å²) < 4.78 is 0. The fourth-order valence-electron chi connectivity index (χ4n) is 2.71. The molecule has 0 aliphatic heterocycles. The molecule has 0 radical (unpaired) electrons. The molecular formula is C17H21Cl2N3O3. The molecule has 25 heavy (non-hydrogen) atoms. The number of benzene rings is 1. The average molecular weight is 386 g/mol. The number of rotatable bonds is 6. The first-order valence-electron chi connectivity index (χ1n) is 8.13. The molecule has 136 valence electrons. The Kier molecular flexibility index (Phi) is 7.08. The number of nitrogens with one attached hydrogen (secondary N) is 2. The van der Waals surface area contributed by atoms with Crippen LogP contribution in [0.5, 0.6) is 0 Å². The van der Waals surface area contributed by atoms with Crippen molar-refractivity contribution < 1.29 is 14.4 Å². The highest BCUT2D eigenvalue weighted by molar-refractivity contribution is 6.42. The lowest BCUT2D eigenvalue weighted by molar-refractivity contribution is -0.134. The molecule has 8 heteroatoms. The van der Waals surface area contributed by atoms with E-state index in [0.717, 1.165) is 25.7 Å². The average Bonchev–Trinajstić information content (AvgIpc) is 3.10. The first-order valence-corrected chi connectivity index (χ1v) is 8.89. The Balaban J connectivity index is 1.76. The third-order valence-corrected chi connectivity index (χ3v) is 4.89. The fraction of sp³-hybridized carbons (Fsp3) is 0.471. The van der Waals surface area contributed by atoms with E-state index in [2.05, 4.69) is 10.6 Å². The van der Waals surface area contributed by atoms with Gasteiger partial charge in [0, 0.05) is 18.7 Å². The lowest BCUT2D eigenvalue weighted by Crippen LogP contribution is -2.42. The number of halogens is 2. The van der Waals surface area contributed by atoms with Crippen molar-refractivity contribution in [2.45, 2.75) is 25.7 Å². The van der Waals surface area contributed by atoms with Gasteiger partial charge in [-0.25, -0.2) is 0 Å². The number of nitrogens with zero attached hydrogens (tertiary/aromatic N) is 1. The van der Waals surface area contributed by atoms with E-state index in [1.54, 1.807) is 12.1 Å². The normalized spacial score (nSPS) is 14.2. The zero-order chi connectivity index (χ0) is 18.4. The van der Waals surface area contributed by atoms with E-state index in [0.29, 0.717) is 15.7 Å². The molecule has 1 aliphatic carbocycles. The molecule has 6 nitrogen and oxygen atoms in total. The van der Waals surface area contributed by atoms with E-state index in [1.165, 1.54) is 18.0 Å². The van der Waals surface area contributed by atoms with Gasteiger partial charge in [0.05, 0.1) is 23.1 Å². The van der Waals surface area contributed by atoms with Crippen LogP contribution in [0.2, 0.25) is 10.0 Å². The van der Waals surface area contributed by atoms with Crippen molar-refractivity contribution in [2.24, 2.45) is 5.92 Å². The second-order valence-corrected chi connectivity index (χ2v) is 6.94. The van der Waals surface area contributed by atoms with Gasteiger partial charge < -0.3 is 15.5 Å². The minimum atomic E-state index is -0.364. The molecule has 0 unspecified atom stereocenters. The van der Waals surface area contributed by atoms with Crippen molar-refractivity contribution in [3.05, 3.63) is 28.2 Å². The molecule has 2 rings (SSSR count). The summed E-state index contributed by atoms with van der Waals surface area (Å²) in [5, 5.41) is 6.02. The number of hydrogen-bond donors (Lipinski definition) is 2. The predicted octanol–water partition coefficient (Wildman–Crippen LogP) is 2.70. The highest BCUT2D eigenvalue weighted by Gasteiger charge is 2.23. The number of carbonyl (C=O) groups excluding carboxylic acids is 3. The first kappa shape index (κ1) is 19.5. The zero-order valence-electron chi connectivity index (χ0n) is 14.0. The van der Waals surface area contributed by atoms with Gasteiger partial charge in [0.1, 0.15) is 0 Å². The maximum absolute atomic E-state index is 12.0. The van der Waals surface area contributed by atoms with E-state index in [4.69, 9.17) is 23.2 Å². The van der Waals surface area contributed by atoms with Crippen molar-refractivity contribution in [3.8, 4) is 0 Å². The van der Waals surface area contributed by atoms with Gasteiger partial charge in [-0.05, 0) is 31.0 Å². The number of likely N-dealkylation sites (N-methyl/N-ethyl adjacent to an activating group) is 1. The zero-order valence-corrected chi connectivity index (χ0v) is 15.5. The van der Waals surface area contributed by atoms with Crippen LogP contribution >= 0.6 is 23.2 Å². The molecule has 0 spiro atoms. The van der Waals surface area contributed by atoms with Crippen molar-refractivity contribution in [1.29, 1.82) is 0 Å². The van der Waals surface area contributed by atoms with Crippen LogP contribution in [-0.2, 0) is 14.4 Å². The number of anilines is 1. The maximum Gasteiger partial charge on any atom is 0.243 e. The number of hydrogen-bond acceptors (Lipinski definition) is 3. The SMILES string of the molecule is CN(CC(=O)Nc1ccc(Cl)c(Cl)c1)C(=O)CNC(=O)C1CCCC1. The molecule has 0 heterocycles. The van der Waals surface area contributed by atoms with Gasteiger partial charge in [-0.15, -0.1) is 0 Å². The van der Waals surface area contributed by atoms with E-state index in [9.17, 15) is 14.4 Å². The van der Waals surface area contributed by atoms with Crippen LogP contribution in [-0.4, -0.2) is 42.8 Å². The third kappa shape index (κ3) is 5.90. The molecular weight excluding hydrogens is 365 g/mol. The van der Waals surface area contributed by atoms with Crippen LogP contribution in [0.15, 0.2) is 18.2 Å². The highest BCUT2D eigenvalue weighted by atomic mass is 35.5. The van der Waals surface area contributed by atoms with Crippen LogP contribution < -0.4 is 10.6 Å². The Morgan fingerprint density at radius 1 is 1.16 bits per heavy atom. The number of amides is 3. The van der Waals surface area contributed by atoms with Crippen molar-refractivity contribution >= 4 is 46.6 Å². The minimum absolute atomic E-state index is 0.0102. The van der Waals surface area contributed by atoms with Crippen molar-refractivity contribution in [3.63, 3.8) is 0 Å². The molecule has 0 aromatic heterocycles. The Morgan fingerprint density at radius 2 is 1.84 bits per heavy atom. The predicted molar refractivity (Wildman–Crippen MR) is 97.7 cm³/mol. The summed E-state index contributed by atoms with van der Waals surface area (Å²) in [5.41, 5.74) is 0.495. The number of carbonyl (C=O) groups is 3. The van der Waals surface area contributed by atoms with Crippen molar-refractivity contribution in [1.82, 2.24) is 10.2 Å². The summed E-state index contributed by atoms with van der Waals surface area (Å²) in [4.78, 5) is 37.2.